The number of amides is 1. The van der Waals surface area contributed by atoms with Crippen LogP contribution in [0, 0.1) is 12.3 Å². The molecule has 1 aliphatic carbocycles. The molecule has 0 saturated heterocycles. The van der Waals surface area contributed by atoms with E-state index in [1.54, 1.807) is 0 Å². The van der Waals surface area contributed by atoms with Crippen molar-refractivity contribution in [3.05, 3.63) is 28.8 Å². The lowest BCUT2D eigenvalue weighted by atomic mass is 10.1. The minimum absolute atomic E-state index is 0.0946. The van der Waals surface area contributed by atoms with Gasteiger partial charge < -0.3 is 10.6 Å². The first-order chi connectivity index (χ1) is 8.09. The highest BCUT2D eigenvalue weighted by Gasteiger charge is 2.49. The summed E-state index contributed by atoms with van der Waals surface area (Å²) in [5.74, 6) is 0.0946. The molecule has 3 nitrogen and oxygen atoms in total. The molecule has 1 aromatic carbocycles. The van der Waals surface area contributed by atoms with Crippen LogP contribution in [-0.4, -0.2) is 19.5 Å². The second-order valence-corrected chi connectivity index (χ2v) is 5.08. The summed E-state index contributed by atoms with van der Waals surface area (Å²) >= 11 is 6.02. The normalized spacial score (nSPS) is 16.6. The van der Waals surface area contributed by atoms with Crippen LogP contribution in [-0.2, 0) is 4.79 Å². The predicted octanol–water partition coefficient (Wildman–Crippen LogP) is 2.59. The van der Waals surface area contributed by atoms with Gasteiger partial charge in [-0.15, -0.1) is 0 Å². The van der Waals surface area contributed by atoms with Crippen molar-refractivity contribution in [3.8, 4) is 0 Å². The summed E-state index contributed by atoms with van der Waals surface area (Å²) in [5.41, 5.74) is 1.52. The van der Waals surface area contributed by atoms with E-state index in [2.05, 4.69) is 10.6 Å². The van der Waals surface area contributed by atoms with Gasteiger partial charge in [0.2, 0.25) is 5.91 Å². The number of carbonyl (C=O) groups excluding carboxylic acids is 1. The minimum atomic E-state index is -0.205. The van der Waals surface area contributed by atoms with E-state index in [0.29, 0.717) is 5.02 Å². The molecule has 1 aromatic rings. The zero-order valence-corrected chi connectivity index (χ0v) is 10.9. The summed E-state index contributed by atoms with van der Waals surface area (Å²) in [6, 6.07) is 5.56. The van der Waals surface area contributed by atoms with Gasteiger partial charge >= 0.3 is 0 Å². The van der Waals surface area contributed by atoms with Crippen LogP contribution >= 0.6 is 11.6 Å². The molecule has 0 aromatic heterocycles. The van der Waals surface area contributed by atoms with Crippen molar-refractivity contribution in [2.24, 2.45) is 5.41 Å². The Balaban J connectivity index is 2.11. The summed E-state index contributed by atoms with van der Waals surface area (Å²) in [6.07, 6.45) is 1.92. The maximum absolute atomic E-state index is 12.2. The number of benzene rings is 1. The van der Waals surface area contributed by atoms with Crippen LogP contribution in [0.15, 0.2) is 18.2 Å². The van der Waals surface area contributed by atoms with Gasteiger partial charge in [-0.2, -0.15) is 0 Å². The number of nitrogens with one attached hydrogen (secondary N) is 2. The number of halogens is 1. The topological polar surface area (TPSA) is 41.1 Å². The Labute approximate surface area is 107 Å². The molecule has 0 aliphatic heterocycles. The summed E-state index contributed by atoms with van der Waals surface area (Å²) in [7, 11) is 1.87. The highest BCUT2D eigenvalue weighted by atomic mass is 35.5. The molecule has 2 rings (SSSR count). The lowest BCUT2D eigenvalue weighted by Crippen LogP contribution is -2.32. The number of carbonyl (C=O) groups is 1. The third-order valence-corrected chi connectivity index (χ3v) is 3.78. The van der Waals surface area contributed by atoms with Crippen LogP contribution in [0.5, 0.6) is 0 Å². The van der Waals surface area contributed by atoms with Gasteiger partial charge in [0.1, 0.15) is 0 Å². The third-order valence-electron chi connectivity index (χ3n) is 3.37. The number of anilines is 1. The zero-order chi connectivity index (χ0) is 12.5. The quantitative estimate of drug-likeness (QED) is 0.865. The Morgan fingerprint density at radius 3 is 2.76 bits per heavy atom. The second kappa shape index (κ2) is 4.67. The summed E-state index contributed by atoms with van der Waals surface area (Å²) in [4.78, 5) is 12.2. The molecule has 2 N–H and O–H groups in total. The Morgan fingerprint density at radius 1 is 1.47 bits per heavy atom. The van der Waals surface area contributed by atoms with Crippen LogP contribution in [0.2, 0.25) is 5.02 Å². The van der Waals surface area contributed by atoms with Crippen molar-refractivity contribution < 1.29 is 4.79 Å². The molecular formula is C13H17ClN2O. The second-order valence-electron chi connectivity index (χ2n) is 4.68. The summed E-state index contributed by atoms with van der Waals surface area (Å²) in [6.45, 7) is 2.65. The van der Waals surface area contributed by atoms with Crippen LogP contribution in [0.1, 0.15) is 18.4 Å². The Bertz CT molecular complexity index is 441. The lowest BCUT2D eigenvalue weighted by Gasteiger charge is -2.16. The highest BCUT2D eigenvalue weighted by Crippen LogP contribution is 2.46. The van der Waals surface area contributed by atoms with E-state index in [0.717, 1.165) is 30.6 Å². The van der Waals surface area contributed by atoms with E-state index in [1.807, 2.05) is 32.2 Å². The summed E-state index contributed by atoms with van der Waals surface area (Å²) in [5, 5.41) is 6.73. The van der Waals surface area contributed by atoms with E-state index < -0.39 is 0 Å². The Kier molecular flexibility index (Phi) is 3.40. The Hall–Kier alpha value is -1.06. The van der Waals surface area contributed by atoms with Gasteiger partial charge in [0, 0.05) is 17.3 Å². The van der Waals surface area contributed by atoms with Gasteiger partial charge in [-0.3, -0.25) is 4.79 Å². The SMILES string of the molecule is CNCC1(C(=O)Nc2cccc(Cl)c2C)CC1. The first-order valence-corrected chi connectivity index (χ1v) is 6.18. The first-order valence-electron chi connectivity index (χ1n) is 5.80. The molecule has 1 fully saturated rings. The van der Waals surface area contributed by atoms with E-state index in [4.69, 9.17) is 11.6 Å². The van der Waals surface area contributed by atoms with Gasteiger partial charge in [0.15, 0.2) is 0 Å². The highest BCUT2D eigenvalue weighted by molar-refractivity contribution is 6.31. The van der Waals surface area contributed by atoms with Crippen LogP contribution in [0.3, 0.4) is 0 Å². The van der Waals surface area contributed by atoms with Gasteiger partial charge in [-0.05, 0) is 44.5 Å². The average Bonchev–Trinajstić information content (AvgIpc) is 3.06. The van der Waals surface area contributed by atoms with E-state index in [9.17, 15) is 4.79 Å². The molecule has 17 heavy (non-hydrogen) atoms. The van der Waals surface area contributed by atoms with Crippen molar-refractivity contribution in [2.75, 3.05) is 18.9 Å². The standard InChI is InChI=1S/C13H17ClN2O/c1-9-10(14)4-3-5-11(9)16-12(17)13(6-7-13)8-15-2/h3-5,15H,6-8H2,1-2H3,(H,16,17). The van der Waals surface area contributed by atoms with Crippen molar-refractivity contribution in [1.29, 1.82) is 0 Å². The maximum Gasteiger partial charge on any atom is 0.231 e. The van der Waals surface area contributed by atoms with E-state index in [-0.39, 0.29) is 11.3 Å². The number of hydrogen-bond acceptors (Lipinski definition) is 2. The van der Waals surface area contributed by atoms with Crippen LogP contribution in [0.25, 0.3) is 0 Å². The molecular weight excluding hydrogens is 236 g/mol. The molecule has 1 aliphatic rings. The molecule has 0 unspecified atom stereocenters. The fraction of sp³-hybridized carbons (Fsp3) is 0.462. The fourth-order valence-corrected chi connectivity index (χ4v) is 2.15. The van der Waals surface area contributed by atoms with Crippen molar-refractivity contribution >= 4 is 23.2 Å². The lowest BCUT2D eigenvalue weighted by molar-refractivity contribution is -0.120. The van der Waals surface area contributed by atoms with E-state index in [1.165, 1.54) is 0 Å². The van der Waals surface area contributed by atoms with Gasteiger partial charge in [0.05, 0.1) is 5.41 Å². The van der Waals surface area contributed by atoms with Crippen LogP contribution in [0.4, 0.5) is 5.69 Å². The molecule has 0 bridgehead atoms. The molecule has 0 atom stereocenters. The maximum atomic E-state index is 12.2. The van der Waals surface area contributed by atoms with Gasteiger partial charge in [-0.25, -0.2) is 0 Å². The molecule has 1 saturated carbocycles. The first kappa shape index (κ1) is 12.4. The number of hydrogen-bond donors (Lipinski definition) is 2. The minimum Gasteiger partial charge on any atom is -0.325 e. The largest absolute Gasteiger partial charge is 0.325 e. The van der Waals surface area contributed by atoms with Crippen molar-refractivity contribution in [3.63, 3.8) is 0 Å². The number of rotatable bonds is 4. The zero-order valence-electron chi connectivity index (χ0n) is 10.1. The monoisotopic (exact) mass is 252 g/mol. The Morgan fingerprint density at radius 2 is 2.18 bits per heavy atom. The third kappa shape index (κ3) is 2.45. The van der Waals surface area contributed by atoms with Gasteiger partial charge in [-0.1, -0.05) is 17.7 Å². The van der Waals surface area contributed by atoms with Crippen LogP contribution < -0.4 is 10.6 Å². The smallest absolute Gasteiger partial charge is 0.231 e. The van der Waals surface area contributed by atoms with E-state index >= 15 is 0 Å². The average molecular weight is 253 g/mol. The molecule has 4 heteroatoms. The molecule has 0 radical (unpaired) electrons. The van der Waals surface area contributed by atoms with Gasteiger partial charge in [0.25, 0.3) is 0 Å². The molecule has 0 heterocycles. The molecule has 0 spiro atoms. The van der Waals surface area contributed by atoms with Crippen molar-refractivity contribution in [2.45, 2.75) is 19.8 Å². The molecule has 1 amide bonds. The predicted molar refractivity (Wildman–Crippen MR) is 70.4 cm³/mol. The summed E-state index contributed by atoms with van der Waals surface area (Å²) < 4.78 is 0. The molecule has 92 valence electrons. The van der Waals surface area contributed by atoms with Crippen molar-refractivity contribution in [1.82, 2.24) is 5.32 Å². The fourth-order valence-electron chi connectivity index (χ4n) is 1.97.